The molecule has 50 heavy (non-hydrogen) atoms. The number of pyridine rings is 2. The van der Waals surface area contributed by atoms with E-state index in [2.05, 4.69) is 134 Å². The Morgan fingerprint density at radius 1 is 0.500 bits per heavy atom. The average molecular weight is 817 g/mol. The minimum atomic E-state index is -0.106. The van der Waals surface area contributed by atoms with Gasteiger partial charge in [0.25, 0.3) is 0 Å². The second kappa shape index (κ2) is 12.8. The number of hydrogen-bond acceptors (Lipinski definition) is 2. The first-order valence-corrected chi connectivity index (χ1v) is 16.7. The molecule has 0 bridgehead atoms. The molecule has 241 valence electrons. The first kappa shape index (κ1) is 31.8. The van der Waals surface area contributed by atoms with Gasteiger partial charge < -0.3 is 9.97 Å². The van der Waals surface area contributed by atoms with Gasteiger partial charge in [-0.2, -0.15) is 0 Å². The van der Waals surface area contributed by atoms with Crippen LogP contribution < -0.4 is 0 Å². The summed E-state index contributed by atoms with van der Waals surface area (Å²) in [5, 5.41) is 10.1. The third-order valence-corrected chi connectivity index (χ3v) is 10.0. The van der Waals surface area contributed by atoms with E-state index in [1.807, 2.05) is 48.7 Å². The molecular formula is C47H32IrN2-2. The summed E-state index contributed by atoms with van der Waals surface area (Å²) in [4.78, 5) is 9.11. The zero-order chi connectivity index (χ0) is 33.0. The van der Waals surface area contributed by atoms with Crippen molar-refractivity contribution in [2.45, 2.75) is 19.3 Å². The SMILES string of the molecule is CC1(C)c2cc(-c3nccc4c3ccc3c5ccccc5ccc43)[c-]cc2-c2ccc3ccccc3c21.[Ir].[c-]1ccccc1-c1ccccn1. The molecule has 0 fully saturated rings. The van der Waals surface area contributed by atoms with Crippen molar-refractivity contribution in [1.82, 2.24) is 9.97 Å². The Bertz CT molecular complexity index is 2640. The Balaban J connectivity index is 0.000000236. The third-order valence-electron chi connectivity index (χ3n) is 10.0. The number of fused-ring (bicyclic) bond motifs is 10. The van der Waals surface area contributed by atoms with Crippen molar-refractivity contribution in [3.63, 3.8) is 0 Å². The Morgan fingerprint density at radius 3 is 1.98 bits per heavy atom. The van der Waals surface area contributed by atoms with Crippen molar-refractivity contribution < 1.29 is 20.1 Å². The molecule has 0 atom stereocenters. The molecule has 7 aromatic carbocycles. The summed E-state index contributed by atoms with van der Waals surface area (Å²) in [6, 6.07) is 57.9. The van der Waals surface area contributed by atoms with Crippen molar-refractivity contribution in [2.75, 3.05) is 0 Å². The van der Waals surface area contributed by atoms with Gasteiger partial charge in [-0.25, -0.2) is 0 Å². The van der Waals surface area contributed by atoms with Crippen LogP contribution >= 0.6 is 0 Å². The number of rotatable bonds is 2. The number of aromatic nitrogens is 2. The van der Waals surface area contributed by atoms with E-state index in [1.165, 1.54) is 65.3 Å². The Labute approximate surface area is 305 Å². The molecule has 2 heterocycles. The summed E-state index contributed by atoms with van der Waals surface area (Å²) in [5.41, 5.74) is 9.31. The van der Waals surface area contributed by atoms with Gasteiger partial charge in [0.15, 0.2) is 0 Å². The first-order valence-electron chi connectivity index (χ1n) is 16.7. The van der Waals surface area contributed by atoms with Gasteiger partial charge in [0.2, 0.25) is 0 Å². The molecule has 0 unspecified atom stereocenters. The van der Waals surface area contributed by atoms with Crippen LogP contribution in [-0.2, 0) is 25.5 Å². The Morgan fingerprint density at radius 2 is 1.18 bits per heavy atom. The molecule has 3 heteroatoms. The maximum absolute atomic E-state index is 4.89. The van der Waals surface area contributed by atoms with Crippen molar-refractivity contribution in [3.8, 4) is 33.6 Å². The van der Waals surface area contributed by atoms with Crippen molar-refractivity contribution >= 4 is 43.1 Å². The van der Waals surface area contributed by atoms with Gasteiger partial charge in [0.1, 0.15) is 0 Å². The predicted molar refractivity (Wildman–Crippen MR) is 205 cm³/mol. The summed E-state index contributed by atoms with van der Waals surface area (Å²) >= 11 is 0. The maximum atomic E-state index is 4.89. The van der Waals surface area contributed by atoms with E-state index in [-0.39, 0.29) is 25.5 Å². The fourth-order valence-electron chi connectivity index (χ4n) is 7.71. The molecule has 0 amide bonds. The van der Waals surface area contributed by atoms with Crippen LogP contribution in [-0.4, -0.2) is 9.97 Å². The summed E-state index contributed by atoms with van der Waals surface area (Å²) < 4.78 is 0. The number of hydrogen-bond donors (Lipinski definition) is 0. The quantitative estimate of drug-likeness (QED) is 0.128. The van der Waals surface area contributed by atoms with E-state index in [0.717, 1.165) is 22.5 Å². The fourth-order valence-corrected chi connectivity index (χ4v) is 7.71. The van der Waals surface area contributed by atoms with Gasteiger partial charge in [0.05, 0.1) is 0 Å². The van der Waals surface area contributed by atoms with E-state index >= 15 is 0 Å². The van der Waals surface area contributed by atoms with Crippen LogP contribution in [0.2, 0.25) is 0 Å². The summed E-state index contributed by atoms with van der Waals surface area (Å²) in [6.45, 7) is 4.70. The zero-order valence-electron chi connectivity index (χ0n) is 27.7. The van der Waals surface area contributed by atoms with E-state index < -0.39 is 0 Å². The molecule has 1 radical (unpaired) electrons. The fraction of sp³-hybridized carbons (Fsp3) is 0.0638. The number of nitrogens with zero attached hydrogens (tertiary/aromatic N) is 2. The summed E-state index contributed by atoms with van der Waals surface area (Å²) in [7, 11) is 0. The van der Waals surface area contributed by atoms with Gasteiger partial charge in [-0.15, -0.1) is 65.2 Å². The molecule has 1 aliphatic carbocycles. The third kappa shape index (κ3) is 5.22. The molecule has 0 aliphatic heterocycles. The Hall–Kier alpha value is -5.47. The second-order valence-corrected chi connectivity index (χ2v) is 13.2. The molecule has 0 saturated carbocycles. The molecule has 0 N–H and O–H groups in total. The van der Waals surface area contributed by atoms with E-state index in [4.69, 9.17) is 4.98 Å². The summed E-state index contributed by atoms with van der Waals surface area (Å²) in [5.74, 6) is 0. The zero-order valence-corrected chi connectivity index (χ0v) is 30.1. The van der Waals surface area contributed by atoms with Gasteiger partial charge in [-0.05, 0) is 77.6 Å². The normalized spacial score (nSPS) is 12.6. The minimum absolute atomic E-state index is 0. The second-order valence-electron chi connectivity index (χ2n) is 13.2. The van der Waals surface area contributed by atoms with Crippen LogP contribution in [0.15, 0.2) is 158 Å². The topological polar surface area (TPSA) is 25.8 Å². The van der Waals surface area contributed by atoms with Crippen LogP contribution in [0, 0.1) is 12.1 Å². The minimum Gasteiger partial charge on any atom is -0.305 e. The molecule has 10 rings (SSSR count). The smallest absolute Gasteiger partial charge is 0.0167 e. The van der Waals surface area contributed by atoms with Crippen molar-refractivity contribution in [1.29, 1.82) is 0 Å². The summed E-state index contributed by atoms with van der Waals surface area (Å²) in [6.07, 6.45) is 3.73. The van der Waals surface area contributed by atoms with E-state index in [9.17, 15) is 0 Å². The number of benzene rings is 7. The monoisotopic (exact) mass is 817 g/mol. The Kier molecular flexibility index (Phi) is 8.11. The maximum Gasteiger partial charge on any atom is 0.0167 e. The van der Waals surface area contributed by atoms with Crippen molar-refractivity contribution in [2.24, 2.45) is 0 Å². The predicted octanol–water partition coefficient (Wildman–Crippen LogP) is 12.0. The van der Waals surface area contributed by atoms with Gasteiger partial charge >= 0.3 is 0 Å². The molecule has 2 nitrogen and oxygen atoms in total. The molecule has 0 spiro atoms. The standard InChI is InChI=1S/C36H24N.C11H8N.Ir/c1-36(2)33-21-24(13-15-30(33)31-16-12-23-8-4-6-10-26(23)34(31)36)35-32-18-17-27-25-9-5-3-7-22(25)11-14-28(27)29(32)19-20-37-35;1-2-6-10(7-3-1)11-8-4-5-9-12-11;/h3-12,14-21H,1-2H3;1-6,8-9H;/q2*-1;. The van der Waals surface area contributed by atoms with Gasteiger partial charge in [-0.3, -0.25) is 0 Å². The van der Waals surface area contributed by atoms with Crippen LogP contribution in [0.4, 0.5) is 0 Å². The van der Waals surface area contributed by atoms with E-state index in [1.54, 1.807) is 6.20 Å². The van der Waals surface area contributed by atoms with Crippen LogP contribution in [0.3, 0.4) is 0 Å². The average Bonchev–Trinajstić information content (AvgIpc) is 3.41. The van der Waals surface area contributed by atoms with Crippen LogP contribution in [0.1, 0.15) is 25.0 Å². The van der Waals surface area contributed by atoms with Gasteiger partial charge in [0, 0.05) is 32.5 Å². The van der Waals surface area contributed by atoms with Crippen LogP contribution in [0.5, 0.6) is 0 Å². The van der Waals surface area contributed by atoms with Crippen LogP contribution in [0.25, 0.3) is 76.7 Å². The van der Waals surface area contributed by atoms with Gasteiger partial charge in [-0.1, -0.05) is 122 Å². The molecule has 9 aromatic rings. The largest absolute Gasteiger partial charge is 0.305 e. The molecule has 2 aromatic heterocycles. The molecule has 1 aliphatic rings. The van der Waals surface area contributed by atoms with E-state index in [0.29, 0.717) is 0 Å². The van der Waals surface area contributed by atoms with Crippen molar-refractivity contribution in [3.05, 3.63) is 181 Å². The molecular weight excluding hydrogens is 785 g/mol. The first-order chi connectivity index (χ1) is 24.1. The molecule has 0 saturated heterocycles.